The summed E-state index contributed by atoms with van der Waals surface area (Å²) < 4.78 is 5.42. The molecule has 0 aromatic carbocycles. The van der Waals surface area contributed by atoms with Crippen molar-refractivity contribution in [2.45, 2.75) is 32.3 Å². The lowest BCUT2D eigenvalue weighted by atomic mass is 10.2. The highest BCUT2D eigenvalue weighted by Crippen LogP contribution is 2.06. The zero-order chi connectivity index (χ0) is 13.2. The summed E-state index contributed by atoms with van der Waals surface area (Å²) in [6.45, 7) is 2.71. The van der Waals surface area contributed by atoms with Gasteiger partial charge in [-0.15, -0.1) is 0 Å². The molecule has 0 bridgehead atoms. The minimum absolute atomic E-state index is 0.00885. The fourth-order valence-corrected chi connectivity index (χ4v) is 1.36. The van der Waals surface area contributed by atoms with Gasteiger partial charge in [-0.1, -0.05) is 0 Å². The Hall–Kier alpha value is -1.62. The first kappa shape index (κ1) is 14.4. The van der Waals surface area contributed by atoms with Gasteiger partial charge in [0.15, 0.2) is 0 Å². The average molecular weight is 252 g/mol. The quantitative estimate of drug-likeness (QED) is 0.680. The van der Waals surface area contributed by atoms with Gasteiger partial charge in [-0.05, 0) is 31.9 Å². The molecule has 1 aromatic rings. The SMILES string of the molecule is CC(O)CCNC(=O)CCCOc1cccnc1. The van der Waals surface area contributed by atoms with Crippen LogP contribution in [0.5, 0.6) is 5.75 Å². The number of amides is 1. The standard InChI is InChI=1S/C13H20N2O3/c1-11(16)6-8-15-13(17)5-3-9-18-12-4-2-7-14-10-12/h2,4,7,10-11,16H,3,5-6,8-9H2,1H3,(H,15,17). The molecule has 1 atom stereocenters. The van der Waals surface area contributed by atoms with Gasteiger partial charge in [-0.3, -0.25) is 9.78 Å². The van der Waals surface area contributed by atoms with Crippen LogP contribution in [-0.4, -0.2) is 35.3 Å². The Balaban J connectivity index is 2.02. The number of rotatable bonds is 8. The van der Waals surface area contributed by atoms with Crippen molar-refractivity contribution >= 4 is 5.91 Å². The maximum Gasteiger partial charge on any atom is 0.220 e. The second kappa shape index (κ2) is 8.47. The van der Waals surface area contributed by atoms with Gasteiger partial charge in [-0.25, -0.2) is 0 Å². The van der Waals surface area contributed by atoms with Gasteiger partial charge < -0.3 is 15.2 Å². The molecule has 5 nitrogen and oxygen atoms in total. The van der Waals surface area contributed by atoms with Crippen LogP contribution in [0.3, 0.4) is 0 Å². The van der Waals surface area contributed by atoms with Crippen LogP contribution in [0.4, 0.5) is 0 Å². The highest BCUT2D eigenvalue weighted by molar-refractivity contribution is 5.75. The predicted octanol–water partition coefficient (Wildman–Crippen LogP) is 1.13. The fraction of sp³-hybridized carbons (Fsp3) is 0.538. The lowest BCUT2D eigenvalue weighted by Crippen LogP contribution is -2.26. The van der Waals surface area contributed by atoms with Crippen LogP contribution in [0, 0.1) is 0 Å². The summed E-state index contributed by atoms with van der Waals surface area (Å²) in [7, 11) is 0. The molecule has 0 saturated heterocycles. The lowest BCUT2D eigenvalue weighted by molar-refractivity contribution is -0.121. The van der Waals surface area contributed by atoms with Crippen LogP contribution in [0.15, 0.2) is 24.5 Å². The largest absolute Gasteiger partial charge is 0.492 e. The van der Waals surface area contributed by atoms with E-state index in [1.54, 1.807) is 25.4 Å². The van der Waals surface area contributed by atoms with E-state index in [-0.39, 0.29) is 12.0 Å². The maximum absolute atomic E-state index is 11.4. The van der Waals surface area contributed by atoms with Gasteiger partial charge in [0.25, 0.3) is 0 Å². The molecule has 5 heteroatoms. The summed E-state index contributed by atoms with van der Waals surface area (Å²) >= 11 is 0. The van der Waals surface area contributed by atoms with E-state index in [4.69, 9.17) is 9.84 Å². The summed E-state index contributed by atoms with van der Waals surface area (Å²) in [5.41, 5.74) is 0. The molecule has 1 rings (SSSR count). The molecule has 0 fully saturated rings. The Morgan fingerprint density at radius 2 is 2.44 bits per heavy atom. The van der Waals surface area contributed by atoms with E-state index in [9.17, 15) is 4.79 Å². The van der Waals surface area contributed by atoms with Crippen molar-refractivity contribution in [1.82, 2.24) is 10.3 Å². The smallest absolute Gasteiger partial charge is 0.220 e. The molecule has 1 aromatic heterocycles. The van der Waals surface area contributed by atoms with Crippen molar-refractivity contribution in [3.05, 3.63) is 24.5 Å². The molecule has 0 aliphatic carbocycles. The first-order valence-electron chi connectivity index (χ1n) is 6.16. The van der Waals surface area contributed by atoms with E-state index in [2.05, 4.69) is 10.3 Å². The van der Waals surface area contributed by atoms with Gasteiger partial charge in [0.2, 0.25) is 5.91 Å². The number of carbonyl (C=O) groups is 1. The molecule has 0 radical (unpaired) electrons. The van der Waals surface area contributed by atoms with Gasteiger partial charge in [0, 0.05) is 19.2 Å². The highest BCUT2D eigenvalue weighted by Gasteiger charge is 2.02. The van der Waals surface area contributed by atoms with Crippen molar-refractivity contribution in [3.63, 3.8) is 0 Å². The Labute approximate surface area is 107 Å². The Bertz CT molecular complexity index is 341. The van der Waals surface area contributed by atoms with Crippen LogP contribution in [0.1, 0.15) is 26.2 Å². The highest BCUT2D eigenvalue weighted by atomic mass is 16.5. The van der Waals surface area contributed by atoms with E-state index in [1.165, 1.54) is 0 Å². The van der Waals surface area contributed by atoms with Crippen LogP contribution in [0.2, 0.25) is 0 Å². The molecule has 2 N–H and O–H groups in total. The van der Waals surface area contributed by atoms with Crippen molar-refractivity contribution < 1.29 is 14.6 Å². The molecular weight excluding hydrogens is 232 g/mol. The van der Waals surface area contributed by atoms with Crippen molar-refractivity contribution in [2.75, 3.05) is 13.2 Å². The first-order chi connectivity index (χ1) is 8.68. The molecule has 0 aliphatic heterocycles. The molecule has 0 saturated carbocycles. The summed E-state index contributed by atoms with van der Waals surface area (Å²) in [4.78, 5) is 15.3. The molecular formula is C13H20N2O3. The topological polar surface area (TPSA) is 71.5 Å². The number of aliphatic hydroxyl groups excluding tert-OH is 1. The minimum atomic E-state index is -0.376. The first-order valence-corrected chi connectivity index (χ1v) is 6.16. The summed E-state index contributed by atoms with van der Waals surface area (Å²) in [6.07, 6.45) is 4.62. The maximum atomic E-state index is 11.4. The average Bonchev–Trinajstić information content (AvgIpc) is 2.35. The third-order valence-electron chi connectivity index (χ3n) is 2.34. The van der Waals surface area contributed by atoms with E-state index in [0.29, 0.717) is 38.2 Å². The number of nitrogens with one attached hydrogen (secondary N) is 1. The molecule has 1 unspecified atom stereocenters. The van der Waals surface area contributed by atoms with Crippen molar-refractivity contribution in [3.8, 4) is 5.75 Å². The van der Waals surface area contributed by atoms with Crippen LogP contribution in [0.25, 0.3) is 0 Å². The molecule has 0 spiro atoms. The summed E-state index contributed by atoms with van der Waals surface area (Å²) in [5.74, 6) is 0.706. The number of hydrogen-bond donors (Lipinski definition) is 2. The van der Waals surface area contributed by atoms with Crippen LogP contribution >= 0.6 is 0 Å². The van der Waals surface area contributed by atoms with E-state index in [1.807, 2.05) is 6.07 Å². The zero-order valence-electron chi connectivity index (χ0n) is 10.6. The van der Waals surface area contributed by atoms with E-state index in [0.717, 1.165) is 0 Å². The molecule has 1 amide bonds. The number of carbonyl (C=O) groups excluding carboxylic acids is 1. The zero-order valence-corrected chi connectivity index (χ0v) is 10.6. The molecule has 100 valence electrons. The van der Waals surface area contributed by atoms with Crippen LogP contribution in [-0.2, 0) is 4.79 Å². The fourth-order valence-electron chi connectivity index (χ4n) is 1.36. The van der Waals surface area contributed by atoms with Crippen molar-refractivity contribution in [2.24, 2.45) is 0 Å². The Morgan fingerprint density at radius 1 is 1.61 bits per heavy atom. The molecule has 18 heavy (non-hydrogen) atoms. The minimum Gasteiger partial charge on any atom is -0.492 e. The Kier molecular flexibility index (Phi) is 6.79. The van der Waals surface area contributed by atoms with Gasteiger partial charge in [0.1, 0.15) is 5.75 Å². The Morgan fingerprint density at radius 3 is 3.11 bits per heavy atom. The number of ether oxygens (including phenoxy) is 1. The number of nitrogens with zero attached hydrogens (tertiary/aromatic N) is 1. The van der Waals surface area contributed by atoms with Gasteiger partial charge in [-0.2, -0.15) is 0 Å². The normalized spacial score (nSPS) is 11.9. The number of aromatic nitrogens is 1. The van der Waals surface area contributed by atoms with E-state index >= 15 is 0 Å². The third-order valence-corrected chi connectivity index (χ3v) is 2.34. The van der Waals surface area contributed by atoms with Crippen molar-refractivity contribution in [1.29, 1.82) is 0 Å². The van der Waals surface area contributed by atoms with E-state index < -0.39 is 0 Å². The third kappa shape index (κ3) is 6.85. The van der Waals surface area contributed by atoms with Crippen LogP contribution < -0.4 is 10.1 Å². The second-order valence-corrected chi connectivity index (χ2v) is 4.13. The summed E-state index contributed by atoms with van der Waals surface area (Å²) in [6, 6.07) is 3.63. The lowest BCUT2D eigenvalue weighted by Gasteiger charge is -2.07. The molecule has 0 aliphatic rings. The summed E-state index contributed by atoms with van der Waals surface area (Å²) in [5, 5.41) is 11.8. The molecule has 1 heterocycles. The number of pyridine rings is 1. The number of aliphatic hydroxyl groups is 1. The van der Waals surface area contributed by atoms with Gasteiger partial charge >= 0.3 is 0 Å². The monoisotopic (exact) mass is 252 g/mol. The van der Waals surface area contributed by atoms with Gasteiger partial charge in [0.05, 0.1) is 18.9 Å². The predicted molar refractivity (Wildman–Crippen MR) is 68.3 cm³/mol. The number of hydrogen-bond acceptors (Lipinski definition) is 4. The second-order valence-electron chi connectivity index (χ2n) is 4.13.